The van der Waals surface area contributed by atoms with Gasteiger partial charge in [0.25, 0.3) is 5.91 Å². The third-order valence-electron chi connectivity index (χ3n) is 5.45. The lowest BCUT2D eigenvalue weighted by Gasteiger charge is -2.45. The quantitative estimate of drug-likeness (QED) is 0.812. The first-order chi connectivity index (χ1) is 11.6. The van der Waals surface area contributed by atoms with E-state index in [0.717, 1.165) is 32.2 Å². The molecule has 0 aromatic heterocycles. The molecule has 4 heteroatoms. The van der Waals surface area contributed by atoms with Gasteiger partial charge in [-0.05, 0) is 55.0 Å². The van der Waals surface area contributed by atoms with Crippen molar-refractivity contribution >= 4 is 11.6 Å². The van der Waals surface area contributed by atoms with Gasteiger partial charge >= 0.3 is 0 Å². The molecule has 0 saturated carbocycles. The zero-order chi connectivity index (χ0) is 16.7. The molecule has 3 nitrogen and oxygen atoms in total. The predicted octanol–water partition coefficient (Wildman–Crippen LogP) is 3.74. The number of nitrogen functional groups attached to an aromatic ring is 1. The minimum atomic E-state index is -0.477. The Labute approximate surface area is 141 Å². The highest BCUT2D eigenvalue weighted by Gasteiger charge is 2.38. The van der Waals surface area contributed by atoms with E-state index in [1.54, 1.807) is 0 Å². The molecule has 2 unspecified atom stereocenters. The SMILES string of the molecule is Nc1cc(C(=O)N2CCCC3c4ccccc4CCC32)ccc1F. The summed E-state index contributed by atoms with van der Waals surface area (Å²) in [6.07, 6.45) is 4.12. The molecular formula is C20H21FN2O. The van der Waals surface area contributed by atoms with Gasteiger partial charge in [0.2, 0.25) is 0 Å². The molecule has 1 amide bonds. The van der Waals surface area contributed by atoms with Crippen LogP contribution in [0.5, 0.6) is 0 Å². The number of hydrogen-bond acceptors (Lipinski definition) is 2. The summed E-state index contributed by atoms with van der Waals surface area (Å²) in [5.41, 5.74) is 8.96. The van der Waals surface area contributed by atoms with E-state index in [-0.39, 0.29) is 17.6 Å². The third-order valence-corrected chi connectivity index (χ3v) is 5.45. The van der Waals surface area contributed by atoms with Crippen LogP contribution in [0.25, 0.3) is 0 Å². The Morgan fingerprint density at radius 1 is 1.17 bits per heavy atom. The number of fused-ring (bicyclic) bond motifs is 3. The Kier molecular flexibility index (Phi) is 3.75. The van der Waals surface area contributed by atoms with Crippen LogP contribution in [0.4, 0.5) is 10.1 Å². The van der Waals surface area contributed by atoms with Gasteiger partial charge < -0.3 is 10.6 Å². The summed E-state index contributed by atoms with van der Waals surface area (Å²) in [5, 5.41) is 0. The van der Waals surface area contributed by atoms with Gasteiger partial charge in [-0.25, -0.2) is 4.39 Å². The van der Waals surface area contributed by atoms with E-state index in [1.165, 1.54) is 29.3 Å². The van der Waals surface area contributed by atoms with E-state index >= 15 is 0 Å². The number of carbonyl (C=O) groups is 1. The van der Waals surface area contributed by atoms with Crippen LogP contribution in [0.3, 0.4) is 0 Å². The number of amides is 1. The summed E-state index contributed by atoms with van der Waals surface area (Å²) in [6.45, 7) is 0.763. The van der Waals surface area contributed by atoms with Gasteiger partial charge in [0.05, 0.1) is 5.69 Å². The highest BCUT2D eigenvalue weighted by Crippen LogP contribution is 2.41. The average molecular weight is 324 g/mol. The van der Waals surface area contributed by atoms with Crippen molar-refractivity contribution in [3.63, 3.8) is 0 Å². The molecular weight excluding hydrogens is 303 g/mol. The van der Waals surface area contributed by atoms with Crippen molar-refractivity contribution in [1.29, 1.82) is 0 Å². The lowest BCUT2D eigenvalue weighted by molar-refractivity contribution is 0.0547. The molecule has 1 saturated heterocycles. The fraction of sp³-hybridized carbons (Fsp3) is 0.350. The largest absolute Gasteiger partial charge is 0.396 e. The van der Waals surface area contributed by atoms with Crippen LogP contribution in [0, 0.1) is 5.82 Å². The molecule has 2 atom stereocenters. The number of nitrogens with zero attached hydrogens (tertiary/aromatic N) is 1. The van der Waals surface area contributed by atoms with E-state index in [1.807, 2.05) is 4.90 Å². The van der Waals surface area contributed by atoms with Crippen molar-refractivity contribution < 1.29 is 9.18 Å². The van der Waals surface area contributed by atoms with Crippen LogP contribution in [-0.2, 0) is 6.42 Å². The van der Waals surface area contributed by atoms with Gasteiger partial charge in [-0.3, -0.25) is 4.79 Å². The molecule has 1 fully saturated rings. The van der Waals surface area contributed by atoms with Gasteiger partial charge in [0.15, 0.2) is 0 Å². The maximum atomic E-state index is 13.4. The van der Waals surface area contributed by atoms with Gasteiger partial charge in [-0.2, -0.15) is 0 Å². The smallest absolute Gasteiger partial charge is 0.254 e. The van der Waals surface area contributed by atoms with Gasteiger partial charge in [-0.15, -0.1) is 0 Å². The lowest BCUT2D eigenvalue weighted by atomic mass is 9.74. The number of piperidine rings is 1. The van der Waals surface area contributed by atoms with Crippen molar-refractivity contribution in [1.82, 2.24) is 4.90 Å². The topological polar surface area (TPSA) is 46.3 Å². The normalized spacial score (nSPS) is 22.6. The Morgan fingerprint density at radius 3 is 2.83 bits per heavy atom. The molecule has 2 aromatic rings. The molecule has 24 heavy (non-hydrogen) atoms. The summed E-state index contributed by atoms with van der Waals surface area (Å²) in [5.74, 6) is -0.101. The first kappa shape index (κ1) is 15.2. The highest BCUT2D eigenvalue weighted by molar-refractivity contribution is 5.95. The number of likely N-dealkylation sites (tertiary alicyclic amines) is 1. The maximum absolute atomic E-state index is 13.4. The van der Waals surface area contributed by atoms with Crippen molar-refractivity contribution in [2.75, 3.05) is 12.3 Å². The van der Waals surface area contributed by atoms with E-state index in [2.05, 4.69) is 24.3 Å². The Morgan fingerprint density at radius 2 is 2.00 bits per heavy atom. The number of nitrogens with two attached hydrogens (primary N) is 1. The van der Waals surface area contributed by atoms with Crippen LogP contribution < -0.4 is 5.73 Å². The first-order valence-electron chi connectivity index (χ1n) is 8.59. The van der Waals surface area contributed by atoms with Crippen LogP contribution in [0.15, 0.2) is 42.5 Å². The molecule has 1 aliphatic carbocycles. The fourth-order valence-corrected chi connectivity index (χ4v) is 4.30. The summed E-state index contributed by atoms with van der Waals surface area (Å²) in [7, 11) is 0. The molecule has 2 aromatic carbocycles. The summed E-state index contributed by atoms with van der Waals surface area (Å²) in [6, 6.07) is 13.1. The van der Waals surface area contributed by atoms with Crippen LogP contribution in [0.2, 0.25) is 0 Å². The number of aryl methyl sites for hydroxylation is 1. The molecule has 4 rings (SSSR count). The van der Waals surface area contributed by atoms with Gasteiger partial charge in [0.1, 0.15) is 5.82 Å². The Hall–Kier alpha value is -2.36. The number of halogens is 1. The zero-order valence-corrected chi connectivity index (χ0v) is 13.5. The van der Waals surface area contributed by atoms with Crippen molar-refractivity contribution in [2.45, 2.75) is 37.6 Å². The molecule has 1 aliphatic heterocycles. The summed E-state index contributed by atoms with van der Waals surface area (Å²) < 4.78 is 13.4. The van der Waals surface area contributed by atoms with Crippen LogP contribution in [-0.4, -0.2) is 23.4 Å². The van der Waals surface area contributed by atoms with E-state index in [9.17, 15) is 9.18 Å². The van der Waals surface area contributed by atoms with Crippen molar-refractivity contribution in [3.05, 3.63) is 65.0 Å². The molecule has 1 heterocycles. The van der Waals surface area contributed by atoms with E-state index < -0.39 is 5.82 Å². The average Bonchev–Trinajstić information content (AvgIpc) is 2.62. The Balaban J connectivity index is 1.64. The van der Waals surface area contributed by atoms with Crippen LogP contribution >= 0.6 is 0 Å². The van der Waals surface area contributed by atoms with Crippen molar-refractivity contribution in [3.8, 4) is 0 Å². The lowest BCUT2D eigenvalue weighted by Crippen LogP contribution is -2.49. The van der Waals surface area contributed by atoms with Crippen LogP contribution in [0.1, 0.15) is 46.7 Å². The number of hydrogen-bond donors (Lipinski definition) is 1. The standard InChI is InChI=1S/C20H21FN2O/c21-17-9-7-14(12-18(17)22)20(24)23-11-3-6-16-15-5-2-1-4-13(15)8-10-19(16)23/h1-2,4-5,7,9,12,16,19H,3,6,8,10-11,22H2. The Bertz CT molecular complexity index is 789. The number of anilines is 1. The molecule has 0 bridgehead atoms. The monoisotopic (exact) mass is 324 g/mol. The molecule has 124 valence electrons. The maximum Gasteiger partial charge on any atom is 0.254 e. The molecule has 2 N–H and O–H groups in total. The van der Waals surface area contributed by atoms with E-state index in [4.69, 9.17) is 5.73 Å². The fourth-order valence-electron chi connectivity index (χ4n) is 4.30. The second-order valence-electron chi connectivity index (χ2n) is 6.79. The minimum absolute atomic E-state index is 0.0309. The first-order valence-corrected chi connectivity index (χ1v) is 8.59. The predicted molar refractivity (Wildman–Crippen MR) is 92.4 cm³/mol. The third kappa shape index (κ3) is 2.46. The van der Waals surface area contributed by atoms with E-state index in [0.29, 0.717) is 11.5 Å². The van der Waals surface area contributed by atoms with Crippen molar-refractivity contribution in [2.24, 2.45) is 0 Å². The molecule has 0 spiro atoms. The minimum Gasteiger partial charge on any atom is -0.396 e. The molecule has 2 aliphatic rings. The number of carbonyl (C=O) groups excluding carboxylic acids is 1. The summed E-state index contributed by atoms with van der Waals surface area (Å²) >= 11 is 0. The number of rotatable bonds is 1. The second-order valence-corrected chi connectivity index (χ2v) is 6.79. The second kappa shape index (κ2) is 5.93. The summed E-state index contributed by atoms with van der Waals surface area (Å²) in [4.78, 5) is 15.0. The zero-order valence-electron chi connectivity index (χ0n) is 13.5. The number of benzene rings is 2. The highest BCUT2D eigenvalue weighted by atomic mass is 19.1. The van der Waals surface area contributed by atoms with Gasteiger partial charge in [-0.1, -0.05) is 24.3 Å². The van der Waals surface area contributed by atoms with Gasteiger partial charge in [0, 0.05) is 24.1 Å². The molecule has 0 radical (unpaired) electrons.